The van der Waals surface area contributed by atoms with Gasteiger partial charge in [0.25, 0.3) is 5.91 Å². The van der Waals surface area contributed by atoms with Crippen LogP contribution in [0.4, 0.5) is 0 Å². The lowest BCUT2D eigenvalue weighted by atomic mass is 9.86. The molecule has 1 unspecified atom stereocenters. The molecule has 2 aromatic rings. The molecule has 112 valence electrons. The molecule has 5 heteroatoms. The SMILES string of the molecule is COc1cc2c(cc1O)C1(O)c3ccccc3C(=O)N1CC2. The van der Waals surface area contributed by atoms with Crippen LogP contribution in [0.25, 0.3) is 0 Å². The number of carbonyl (C=O) groups is 1. The van der Waals surface area contributed by atoms with Gasteiger partial charge in [-0.25, -0.2) is 0 Å². The van der Waals surface area contributed by atoms with Crippen molar-refractivity contribution < 1.29 is 19.7 Å². The van der Waals surface area contributed by atoms with Crippen LogP contribution in [0.2, 0.25) is 0 Å². The van der Waals surface area contributed by atoms with Gasteiger partial charge in [-0.15, -0.1) is 0 Å². The molecule has 2 aliphatic rings. The first-order valence-corrected chi connectivity index (χ1v) is 7.11. The van der Waals surface area contributed by atoms with Crippen molar-refractivity contribution in [3.05, 3.63) is 58.7 Å². The molecular weight excluding hydrogens is 282 g/mol. The van der Waals surface area contributed by atoms with Crippen molar-refractivity contribution in [2.75, 3.05) is 13.7 Å². The maximum Gasteiger partial charge on any atom is 0.257 e. The number of nitrogens with zero attached hydrogens (tertiary/aromatic N) is 1. The number of fused-ring (bicyclic) bond motifs is 5. The van der Waals surface area contributed by atoms with Gasteiger partial charge in [0.05, 0.1) is 7.11 Å². The Labute approximate surface area is 127 Å². The highest BCUT2D eigenvalue weighted by Crippen LogP contribution is 2.48. The van der Waals surface area contributed by atoms with Crippen molar-refractivity contribution in [2.24, 2.45) is 0 Å². The van der Waals surface area contributed by atoms with E-state index in [1.165, 1.54) is 18.1 Å². The van der Waals surface area contributed by atoms with Crippen LogP contribution in [0, 0.1) is 0 Å². The summed E-state index contributed by atoms with van der Waals surface area (Å²) in [5.74, 6) is 0.140. The van der Waals surface area contributed by atoms with E-state index in [4.69, 9.17) is 4.74 Å². The van der Waals surface area contributed by atoms with E-state index in [2.05, 4.69) is 0 Å². The fourth-order valence-corrected chi connectivity index (χ4v) is 3.50. The van der Waals surface area contributed by atoms with Crippen LogP contribution in [-0.4, -0.2) is 34.7 Å². The average Bonchev–Trinajstić information content (AvgIpc) is 2.76. The summed E-state index contributed by atoms with van der Waals surface area (Å²) in [4.78, 5) is 14.0. The molecule has 22 heavy (non-hydrogen) atoms. The second-order valence-corrected chi connectivity index (χ2v) is 5.61. The number of hydrogen-bond donors (Lipinski definition) is 2. The molecule has 0 bridgehead atoms. The van der Waals surface area contributed by atoms with E-state index >= 15 is 0 Å². The van der Waals surface area contributed by atoms with Gasteiger partial charge in [-0.3, -0.25) is 4.79 Å². The second kappa shape index (κ2) is 4.24. The van der Waals surface area contributed by atoms with Crippen molar-refractivity contribution in [3.63, 3.8) is 0 Å². The van der Waals surface area contributed by atoms with E-state index in [9.17, 15) is 15.0 Å². The zero-order valence-corrected chi connectivity index (χ0v) is 12.0. The molecule has 0 aromatic heterocycles. The molecule has 2 heterocycles. The van der Waals surface area contributed by atoms with Crippen molar-refractivity contribution in [1.82, 2.24) is 4.90 Å². The first kappa shape index (κ1) is 13.2. The quantitative estimate of drug-likeness (QED) is 0.839. The maximum absolute atomic E-state index is 12.5. The van der Waals surface area contributed by atoms with Crippen molar-refractivity contribution in [2.45, 2.75) is 12.1 Å². The number of aromatic hydroxyl groups is 1. The van der Waals surface area contributed by atoms with Gasteiger partial charge in [0.1, 0.15) is 0 Å². The normalized spacial score (nSPS) is 22.1. The Hall–Kier alpha value is -2.53. The third-order valence-electron chi connectivity index (χ3n) is 4.55. The maximum atomic E-state index is 12.5. The summed E-state index contributed by atoms with van der Waals surface area (Å²) in [5.41, 5.74) is 0.956. The molecule has 5 nitrogen and oxygen atoms in total. The Bertz CT molecular complexity index is 801. The predicted octanol–water partition coefficient (Wildman–Crippen LogP) is 1.61. The topological polar surface area (TPSA) is 70.0 Å². The molecule has 2 aliphatic heterocycles. The lowest BCUT2D eigenvalue weighted by molar-refractivity contribution is -0.0564. The Morgan fingerprint density at radius 2 is 2.00 bits per heavy atom. The molecule has 2 N–H and O–H groups in total. The van der Waals surface area contributed by atoms with E-state index in [0.29, 0.717) is 35.4 Å². The molecule has 1 atom stereocenters. The Morgan fingerprint density at radius 1 is 1.23 bits per heavy atom. The molecule has 0 spiro atoms. The number of phenols is 1. The average molecular weight is 297 g/mol. The van der Waals surface area contributed by atoms with Gasteiger partial charge in [-0.2, -0.15) is 0 Å². The number of phenolic OH excluding ortho intramolecular Hbond substituents is 1. The second-order valence-electron chi connectivity index (χ2n) is 5.61. The molecular formula is C17H15NO4. The summed E-state index contributed by atoms with van der Waals surface area (Å²) in [7, 11) is 1.49. The molecule has 0 radical (unpaired) electrons. The van der Waals surface area contributed by atoms with E-state index in [1.54, 1.807) is 30.3 Å². The van der Waals surface area contributed by atoms with Crippen LogP contribution >= 0.6 is 0 Å². The van der Waals surface area contributed by atoms with Gasteiger partial charge in [-0.05, 0) is 30.2 Å². The lowest BCUT2D eigenvalue weighted by Crippen LogP contribution is -2.49. The number of aliphatic hydroxyl groups is 1. The molecule has 0 fully saturated rings. The zero-order valence-electron chi connectivity index (χ0n) is 12.0. The molecule has 4 rings (SSSR count). The summed E-state index contributed by atoms with van der Waals surface area (Å²) in [6.07, 6.45) is 0.605. The van der Waals surface area contributed by atoms with Gasteiger partial charge in [0, 0.05) is 23.2 Å². The predicted molar refractivity (Wildman–Crippen MR) is 78.8 cm³/mol. The van der Waals surface area contributed by atoms with E-state index in [-0.39, 0.29) is 11.7 Å². The number of ether oxygens (including phenoxy) is 1. The van der Waals surface area contributed by atoms with E-state index in [0.717, 1.165) is 5.56 Å². The van der Waals surface area contributed by atoms with Crippen LogP contribution in [0.1, 0.15) is 27.0 Å². The fraction of sp³-hybridized carbons (Fsp3) is 0.235. The third kappa shape index (κ3) is 1.43. The first-order valence-electron chi connectivity index (χ1n) is 7.11. The number of rotatable bonds is 1. The van der Waals surface area contributed by atoms with Crippen LogP contribution in [-0.2, 0) is 12.1 Å². The number of carbonyl (C=O) groups excluding carboxylic acids is 1. The highest BCUT2D eigenvalue weighted by Gasteiger charge is 2.52. The van der Waals surface area contributed by atoms with Gasteiger partial charge in [-0.1, -0.05) is 18.2 Å². The highest BCUT2D eigenvalue weighted by molar-refractivity contribution is 6.00. The minimum Gasteiger partial charge on any atom is -0.504 e. The minimum atomic E-state index is -1.52. The first-order chi connectivity index (χ1) is 10.6. The fourth-order valence-electron chi connectivity index (χ4n) is 3.50. The minimum absolute atomic E-state index is 0.0478. The van der Waals surface area contributed by atoms with Crippen LogP contribution in [0.15, 0.2) is 36.4 Å². The number of methoxy groups -OCH3 is 1. The summed E-state index contributed by atoms with van der Waals surface area (Å²) in [6.45, 7) is 0.422. The van der Waals surface area contributed by atoms with Gasteiger partial charge < -0.3 is 19.8 Å². The van der Waals surface area contributed by atoms with Gasteiger partial charge >= 0.3 is 0 Å². The van der Waals surface area contributed by atoms with Gasteiger partial charge in [0.15, 0.2) is 17.2 Å². The van der Waals surface area contributed by atoms with Crippen molar-refractivity contribution >= 4 is 5.91 Å². The zero-order chi connectivity index (χ0) is 15.5. The van der Waals surface area contributed by atoms with E-state index < -0.39 is 5.72 Å². The standard InChI is InChI=1S/C17H15NO4/c1-22-15-8-10-6-7-18-16(20)11-4-2-3-5-12(11)17(18,21)13(10)9-14(15)19/h2-5,8-9,19,21H,6-7H2,1H3. The number of benzene rings is 2. The molecule has 0 saturated carbocycles. The van der Waals surface area contributed by atoms with Crippen LogP contribution in [0.5, 0.6) is 11.5 Å². The molecule has 2 aromatic carbocycles. The monoisotopic (exact) mass is 297 g/mol. The highest BCUT2D eigenvalue weighted by atomic mass is 16.5. The Balaban J connectivity index is 2.00. The van der Waals surface area contributed by atoms with Crippen molar-refractivity contribution in [1.29, 1.82) is 0 Å². The lowest BCUT2D eigenvalue weighted by Gasteiger charge is -2.40. The Kier molecular flexibility index (Phi) is 2.53. The third-order valence-corrected chi connectivity index (χ3v) is 4.55. The van der Waals surface area contributed by atoms with E-state index in [1.807, 2.05) is 0 Å². The summed E-state index contributed by atoms with van der Waals surface area (Å²) in [5, 5.41) is 21.4. The summed E-state index contributed by atoms with van der Waals surface area (Å²) in [6, 6.07) is 10.3. The van der Waals surface area contributed by atoms with Crippen molar-refractivity contribution in [3.8, 4) is 11.5 Å². The van der Waals surface area contributed by atoms with Crippen LogP contribution < -0.4 is 4.74 Å². The van der Waals surface area contributed by atoms with Crippen LogP contribution in [0.3, 0.4) is 0 Å². The number of amides is 1. The molecule has 0 aliphatic carbocycles. The molecule has 0 saturated heterocycles. The molecule has 1 amide bonds. The Morgan fingerprint density at radius 3 is 2.77 bits per heavy atom. The smallest absolute Gasteiger partial charge is 0.257 e. The summed E-state index contributed by atoms with van der Waals surface area (Å²) >= 11 is 0. The summed E-state index contributed by atoms with van der Waals surface area (Å²) < 4.78 is 5.13. The number of hydrogen-bond acceptors (Lipinski definition) is 4. The largest absolute Gasteiger partial charge is 0.504 e. The van der Waals surface area contributed by atoms with Gasteiger partial charge in [0.2, 0.25) is 0 Å².